The van der Waals surface area contributed by atoms with Crippen molar-refractivity contribution in [1.82, 2.24) is 10.2 Å². The van der Waals surface area contributed by atoms with Crippen LogP contribution >= 0.6 is 0 Å². The van der Waals surface area contributed by atoms with Crippen molar-refractivity contribution in [1.29, 1.82) is 0 Å². The summed E-state index contributed by atoms with van der Waals surface area (Å²) in [7, 11) is 0. The zero-order valence-corrected chi connectivity index (χ0v) is 12.4. The fourth-order valence-corrected chi connectivity index (χ4v) is 2.24. The van der Waals surface area contributed by atoms with Crippen LogP contribution in [0.3, 0.4) is 0 Å². The van der Waals surface area contributed by atoms with Crippen LogP contribution in [-0.2, 0) is 9.53 Å². The lowest BCUT2D eigenvalue weighted by Gasteiger charge is -2.26. The number of hydrogen-bond acceptors (Lipinski definition) is 5. The van der Waals surface area contributed by atoms with Crippen molar-refractivity contribution in [3.63, 3.8) is 0 Å². The second kappa shape index (κ2) is 8.35. The zero-order chi connectivity index (χ0) is 15.8. The van der Waals surface area contributed by atoms with Gasteiger partial charge in [-0.3, -0.25) is 9.69 Å². The SMILES string of the molecule is O=C(CNc1ccccc1C(=O)O)NCCN1CCOCC1. The molecule has 1 amide bonds. The molecule has 0 saturated carbocycles. The van der Waals surface area contributed by atoms with Crippen LogP contribution in [0.25, 0.3) is 0 Å². The molecule has 0 aromatic heterocycles. The van der Waals surface area contributed by atoms with Gasteiger partial charge in [0.15, 0.2) is 0 Å². The molecule has 3 N–H and O–H groups in total. The molecule has 0 unspecified atom stereocenters. The van der Waals surface area contributed by atoms with Crippen LogP contribution in [0.1, 0.15) is 10.4 Å². The van der Waals surface area contributed by atoms with Crippen LogP contribution in [-0.4, -0.2) is 67.8 Å². The summed E-state index contributed by atoms with van der Waals surface area (Å²) in [5.74, 6) is -1.18. The van der Waals surface area contributed by atoms with Crippen LogP contribution in [0.15, 0.2) is 24.3 Å². The average Bonchev–Trinajstić information content (AvgIpc) is 2.54. The van der Waals surface area contributed by atoms with Gasteiger partial charge in [0, 0.05) is 31.9 Å². The molecule has 0 aliphatic carbocycles. The molecule has 0 spiro atoms. The number of carbonyl (C=O) groups is 2. The average molecular weight is 307 g/mol. The summed E-state index contributed by atoms with van der Waals surface area (Å²) in [6, 6.07) is 6.52. The quantitative estimate of drug-likeness (QED) is 0.669. The van der Waals surface area contributed by atoms with Gasteiger partial charge in [-0.2, -0.15) is 0 Å². The van der Waals surface area contributed by atoms with Crippen molar-refractivity contribution in [3.8, 4) is 0 Å². The van der Waals surface area contributed by atoms with Gasteiger partial charge in [-0.25, -0.2) is 4.79 Å². The maximum Gasteiger partial charge on any atom is 0.337 e. The fraction of sp³-hybridized carbons (Fsp3) is 0.467. The van der Waals surface area contributed by atoms with Gasteiger partial charge in [-0.1, -0.05) is 12.1 Å². The Morgan fingerprint density at radius 1 is 1.23 bits per heavy atom. The Morgan fingerprint density at radius 2 is 1.95 bits per heavy atom. The first kappa shape index (κ1) is 16.3. The second-order valence-electron chi connectivity index (χ2n) is 5.01. The molecule has 7 heteroatoms. The molecule has 1 fully saturated rings. The number of benzene rings is 1. The highest BCUT2D eigenvalue weighted by atomic mass is 16.5. The van der Waals surface area contributed by atoms with Crippen molar-refractivity contribution in [2.75, 3.05) is 51.3 Å². The molecule has 0 atom stereocenters. The van der Waals surface area contributed by atoms with E-state index in [0.29, 0.717) is 12.2 Å². The van der Waals surface area contributed by atoms with Crippen molar-refractivity contribution < 1.29 is 19.4 Å². The topological polar surface area (TPSA) is 90.9 Å². The van der Waals surface area contributed by atoms with E-state index in [9.17, 15) is 9.59 Å². The Hall–Kier alpha value is -2.12. The number of carboxylic acids is 1. The number of morpholine rings is 1. The minimum absolute atomic E-state index is 0.0490. The van der Waals surface area contributed by atoms with Gasteiger partial charge in [0.1, 0.15) is 0 Å². The van der Waals surface area contributed by atoms with E-state index >= 15 is 0 Å². The number of ether oxygens (including phenoxy) is 1. The van der Waals surface area contributed by atoms with E-state index in [2.05, 4.69) is 15.5 Å². The third kappa shape index (κ3) is 5.01. The number of carbonyl (C=O) groups excluding carboxylic acids is 1. The van der Waals surface area contributed by atoms with Crippen LogP contribution in [0.2, 0.25) is 0 Å². The highest BCUT2D eigenvalue weighted by Crippen LogP contribution is 2.14. The molecule has 1 saturated heterocycles. The molecule has 0 radical (unpaired) electrons. The molecule has 7 nitrogen and oxygen atoms in total. The third-order valence-corrected chi connectivity index (χ3v) is 3.45. The van der Waals surface area contributed by atoms with Crippen LogP contribution in [0, 0.1) is 0 Å². The molecule has 2 rings (SSSR count). The third-order valence-electron chi connectivity index (χ3n) is 3.45. The minimum atomic E-state index is -1.02. The number of nitrogens with one attached hydrogen (secondary N) is 2. The summed E-state index contributed by atoms with van der Waals surface area (Å²) in [6.45, 7) is 4.67. The number of hydrogen-bond donors (Lipinski definition) is 3. The van der Waals surface area contributed by atoms with Gasteiger partial charge in [-0.15, -0.1) is 0 Å². The Morgan fingerprint density at radius 3 is 2.68 bits per heavy atom. The van der Waals surface area contributed by atoms with Gasteiger partial charge >= 0.3 is 5.97 Å². The summed E-state index contributed by atoms with van der Waals surface area (Å²) < 4.78 is 5.26. The number of nitrogens with zero attached hydrogens (tertiary/aromatic N) is 1. The maximum absolute atomic E-state index is 11.8. The van der Waals surface area contributed by atoms with E-state index in [1.54, 1.807) is 18.2 Å². The lowest BCUT2D eigenvalue weighted by atomic mass is 10.2. The predicted molar refractivity (Wildman–Crippen MR) is 82.2 cm³/mol. The summed E-state index contributed by atoms with van der Waals surface area (Å²) in [4.78, 5) is 25.1. The molecule has 1 aromatic carbocycles. The first-order valence-corrected chi connectivity index (χ1v) is 7.30. The summed E-state index contributed by atoms with van der Waals surface area (Å²) in [6.07, 6.45) is 0. The standard InChI is InChI=1S/C15H21N3O4/c19-14(16-5-6-18-7-9-22-10-8-18)11-17-13-4-2-1-3-12(13)15(20)21/h1-4,17H,5-11H2,(H,16,19)(H,20,21). The number of anilines is 1. The van der Waals surface area contributed by atoms with Gasteiger partial charge in [0.25, 0.3) is 0 Å². The van der Waals surface area contributed by atoms with E-state index in [0.717, 1.165) is 32.8 Å². The van der Waals surface area contributed by atoms with Gasteiger partial charge in [0.2, 0.25) is 5.91 Å². The van der Waals surface area contributed by atoms with Crippen molar-refractivity contribution in [3.05, 3.63) is 29.8 Å². The lowest BCUT2D eigenvalue weighted by molar-refractivity contribution is -0.119. The molecule has 22 heavy (non-hydrogen) atoms. The zero-order valence-electron chi connectivity index (χ0n) is 12.4. The van der Waals surface area contributed by atoms with Gasteiger partial charge in [0.05, 0.1) is 25.3 Å². The van der Waals surface area contributed by atoms with Crippen molar-refractivity contribution in [2.24, 2.45) is 0 Å². The summed E-state index contributed by atoms with van der Waals surface area (Å²) in [5.41, 5.74) is 0.599. The molecular formula is C15H21N3O4. The molecule has 1 aromatic rings. The van der Waals surface area contributed by atoms with Gasteiger partial charge < -0.3 is 20.5 Å². The number of carboxylic acid groups (broad SMARTS) is 1. The first-order chi connectivity index (χ1) is 10.7. The van der Waals surface area contributed by atoms with E-state index in [1.165, 1.54) is 6.07 Å². The first-order valence-electron chi connectivity index (χ1n) is 7.30. The highest BCUT2D eigenvalue weighted by Gasteiger charge is 2.11. The fourth-order valence-electron chi connectivity index (χ4n) is 2.24. The predicted octanol–water partition coefficient (Wildman–Crippen LogP) is 0.245. The highest BCUT2D eigenvalue weighted by molar-refractivity contribution is 5.95. The Kier molecular flexibility index (Phi) is 6.17. The van der Waals surface area contributed by atoms with E-state index in [-0.39, 0.29) is 18.0 Å². The second-order valence-corrected chi connectivity index (χ2v) is 5.01. The number of rotatable bonds is 7. The Balaban J connectivity index is 1.70. The van der Waals surface area contributed by atoms with E-state index < -0.39 is 5.97 Å². The number of aromatic carboxylic acids is 1. The molecule has 1 aliphatic heterocycles. The Bertz CT molecular complexity index is 515. The summed E-state index contributed by atoms with van der Waals surface area (Å²) >= 11 is 0. The molecule has 1 heterocycles. The maximum atomic E-state index is 11.8. The largest absolute Gasteiger partial charge is 0.478 e. The van der Waals surface area contributed by atoms with Gasteiger partial charge in [-0.05, 0) is 12.1 Å². The molecule has 120 valence electrons. The smallest absolute Gasteiger partial charge is 0.337 e. The Labute approximate surface area is 129 Å². The molecular weight excluding hydrogens is 286 g/mol. The molecule has 0 bridgehead atoms. The van der Waals surface area contributed by atoms with E-state index in [1.807, 2.05) is 0 Å². The normalized spacial score (nSPS) is 15.3. The monoisotopic (exact) mass is 307 g/mol. The van der Waals surface area contributed by atoms with E-state index in [4.69, 9.17) is 9.84 Å². The van der Waals surface area contributed by atoms with Crippen LogP contribution in [0.5, 0.6) is 0 Å². The number of amides is 1. The lowest BCUT2D eigenvalue weighted by Crippen LogP contribution is -2.42. The van der Waals surface area contributed by atoms with Crippen molar-refractivity contribution in [2.45, 2.75) is 0 Å². The van der Waals surface area contributed by atoms with Crippen LogP contribution in [0.4, 0.5) is 5.69 Å². The molecule has 1 aliphatic rings. The van der Waals surface area contributed by atoms with Crippen molar-refractivity contribution >= 4 is 17.6 Å². The minimum Gasteiger partial charge on any atom is -0.478 e. The number of para-hydroxylation sites is 1. The summed E-state index contributed by atoms with van der Waals surface area (Å²) in [5, 5.41) is 14.7. The van der Waals surface area contributed by atoms with Crippen LogP contribution < -0.4 is 10.6 Å².